The molecule has 26 heavy (non-hydrogen) atoms. The highest BCUT2D eigenvalue weighted by molar-refractivity contribution is 9.10. The van der Waals surface area contributed by atoms with Gasteiger partial charge in [0.1, 0.15) is 16.7 Å². The molecule has 0 N–H and O–H groups in total. The topological polar surface area (TPSA) is 29.5 Å². The predicted octanol–water partition coefficient (Wildman–Crippen LogP) is 5.90. The summed E-state index contributed by atoms with van der Waals surface area (Å²) in [7, 11) is 0. The number of hydrogen-bond acceptors (Lipinski definition) is 4. The van der Waals surface area contributed by atoms with Crippen molar-refractivity contribution in [2.45, 2.75) is 13.5 Å². The molecule has 0 aromatic heterocycles. The normalized spacial score (nSPS) is 15.8. The van der Waals surface area contributed by atoms with Gasteiger partial charge in [0.2, 0.25) is 0 Å². The molecule has 1 aliphatic rings. The monoisotopic (exact) mass is 467 g/mol. The van der Waals surface area contributed by atoms with Crippen molar-refractivity contribution in [1.82, 2.24) is 4.90 Å². The van der Waals surface area contributed by atoms with Gasteiger partial charge in [-0.3, -0.25) is 9.69 Å². The van der Waals surface area contributed by atoms with E-state index in [4.69, 9.17) is 28.6 Å². The van der Waals surface area contributed by atoms with Crippen molar-refractivity contribution < 1.29 is 9.53 Å². The molecule has 7 heteroatoms. The van der Waals surface area contributed by atoms with E-state index in [0.717, 1.165) is 15.6 Å². The van der Waals surface area contributed by atoms with E-state index in [1.807, 2.05) is 55.5 Å². The summed E-state index contributed by atoms with van der Waals surface area (Å²) in [5.41, 5.74) is 1.84. The Hall–Kier alpha value is -1.34. The zero-order chi connectivity index (χ0) is 18.7. The van der Waals surface area contributed by atoms with Gasteiger partial charge in [0.25, 0.3) is 5.91 Å². The van der Waals surface area contributed by atoms with Crippen LogP contribution in [-0.2, 0) is 11.4 Å². The van der Waals surface area contributed by atoms with E-state index in [-0.39, 0.29) is 5.91 Å². The summed E-state index contributed by atoms with van der Waals surface area (Å²) in [4.78, 5) is 14.6. The highest BCUT2D eigenvalue weighted by atomic mass is 79.9. The number of hydrogen-bond donors (Lipinski definition) is 0. The number of halogens is 2. The van der Waals surface area contributed by atoms with Gasteiger partial charge in [-0.25, -0.2) is 0 Å². The summed E-state index contributed by atoms with van der Waals surface area (Å²) < 4.78 is 7.46. The van der Waals surface area contributed by atoms with Crippen molar-refractivity contribution in [3.63, 3.8) is 0 Å². The molecule has 0 atom stereocenters. The highest BCUT2D eigenvalue weighted by Gasteiger charge is 2.30. The second kappa shape index (κ2) is 8.57. The largest absolute Gasteiger partial charge is 0.488 e. The molecule has 0 spiro atoms. The van der Waals surface area contributed by atoms with E-state index in [1.54, 1.807) is 4.90 Å². The minimum Gasteiger partial charge on any atom is -0.488 e. The molecule has 2 aromatic rings. The minimum absolute atomic E-state index is 0.0638. The Bertz CT molecular complexity index is 884. The Kier molecular flexibility index (Phi) is 6.40. The molecule has 0 saturated carbocycles. The molecule has 0 aliphatic carbocycles. The fourth-order valence-electron chi connectivity index (χ4n) is 2.42. The number of ether oxygens (including phenoxy) is 1. The number of nitrogens with zero attached hydrogens (tertiary/aromatic N) is 1. The predicted molar refractivity (Wildman–Crippen MR) is 115 cm³/mol. The number of thiocarbonyl (C=S) groups is 1. The van der Waals surface area contributed by atoms with Gasteiger partial charge in [-0.05, 0) is 48.9 Å². The van der Waals surface area contributed by atoms with Crippen molar-refractivity contribution in [2.75, 3.05) is 6.54 Å². The number of amides is 1. The average Bonchev–Trinajstić information content (AvgIpc) is 2.88. The first-order valence-electron chi connectivity index (χ1n) is 7.90. The van der Waals surface area contributed by atoms with Gasteiger partial charge in [0.05, 0.1) is 4.91 Å². The fourth-order valence-corrected chi connectivity index (χ4v) is 4.30. The molecule has 1 amide bonds. The molecular weight excluding hydrogens is 454 g/mol. The highest BCUT2D eigenvalue weighted by Crippen LogP contribution is 2.35. The van der Waals surface area contributed by atoms with Crippen LogP contribution in [0.4, 0.5) is 0 Å². The quantitative estimate of drug-likeness (QED) is 0.403. The maximum absolute atomic E-state index is 12.4. The number of carbonyl (C=O) groups is 1. The Morgan fingerprint density at radius 3 is 2.65 bits per heavy atom. The molecule has 3 rings (SSSR count). The van der Waals surface area contributed by atoms with Gasteiger partial charge >= 0.3 is 0 Å². The zero-order valence-electron chi connectivity index (χ0n) is 13.9. The Labute approximate surface area is 175 Å². The summed E-state index contributed by atoms with van der Waals surface area (Å²) in [5.74, 6) is 0.635. The molecule has 2 aromatic carbocycles. The first kappa shape index (κ1) is 19.4. The number of rotatable bonds is 5. The molecular formula is C19H15BrClNO2S2. The van der Waals surface area contributed by atoms with Crippen LogP contribution >= 0.6 is 51.5 Å². The summed E-state index contributed by atoms with van der Waals surface area (Å²) in [6, 6.07) is 13.2. The molecule has 134 valence electrons. The third kappa shape index (κ3) is 4.49. The van der Waals surface area contributed by atoms with Crippen molar-refractivity contribution in [3.8, 4) is 5.75 Å². The third-order valence-electron chi connectivity index (χ3n) is 3.76. The van der Waals surface area contributed by atoms with Gasteiger partial charge in [-0.1, -0.05) is 63.6 Å². The summed E-state index contributed by atoms with van der Waals surface area (Å²) in [6.07, 6.45) is 1.83. The SMILES string of the molecule is CCN1C(=O)/C(=C/c2cc(Br)ccc2OCc2ccc(Cl)cc2)SC1=S. The maximum Gasteiger partial charge on any atom is 0.266 e. The van der Waals surface area contributed by atoms with Crippen LogP contribution in [0.5, 0.6) is 5.75 Å². The molecule has 1 fully saturated rings. The van der Waals surface area contributed by atoms with Crippen molar-refractivity contribution in [1.29, 1.82) is 0 Å². The third-order valence-corrected chi connectivity index (χ3v) is 5.88. The van der Waals surface area contributed by atoms with Gasteiger partial charge in [-0.15, -0.1) is 0 Å². The van der Waals surface area contributed by atoms with Crippen LogP contribution < -0.4 is 4.74 Å². The van der Waals surface area contributed by atoms with E-state index in [0.29, 0.717) is 33.1 Å². The Morgan fingerprint density at radius 1 is 1.27 bits per heavy atom. The van der Waals surface area contributed by atoms with E-state index >= 15 is 0 Å². The van der Waals surface area contributed by atoms with Gasteiger partial charge in [0, 0.05) is 21.6 Å². The lowest BCUT2D eigenvalue weighted by molar-refractivity contribution is -0.121. The van der Waals surface area contributed by atoms with Crippen LogP contribution in [0.1, 0.15) is 18.1 Å². The van der Waals surface area contributed by atoms with Crippen molar-refractivity contribution >= 4 is 67.8 Å². The summed E-state index contributed by atoms with van der Waals surface area (Å²) >= 11 is 16.0. The second-order valence-corrected chi connectivity index (χ2v) is 8.55. The van der Waals surface area contributed by atoms with Gasteiger partial charge < -0.3 is 4.74 Å². The standard InChI is InChI=1S/C19H15BrClNO2S2/c1-2-22-18(23)17(26-19(22)25)10-13-9-14(20)5-8-16(13)24-11-12-3-6-15(21)7-4-12/h3-10H,2,11H2,1H3/b17-10-. The number of benzene rings is 2. The Balaban J connectivity index is 1.84. The first-order valence-corrected chi connectivity index (χ1v) is 10.3. The molecule has 3 nitrogen and oxygen atoms in total. The van der Waals surface area contributed by atoms with Crippen molar-refractivity contribution in [2.24, 2.45) is 0 Å². The fraction of sp³-hybridized carbons (Fsp3) is 0.158. The van der Waals surface area contributed by atoms with Crippen molar-refractivity contribution in [3.05, 3.63) is 68.0 Å². The van der Waals surface area contributed by atoms with Crippen LogP contribution in [0.3, 0.4) is 0 Å². The lowest BCUT2D eigenvalue weighted by Gasteiger charge is -2.11. The van der Waals surface area contributed by atoms with Crippen LogP contribution in [0.2, 0.25) is 5.02 Å². The molecule has 0 bridgehead atoms. The average molecular weight is 469 g/mol. The maximum atomic E-state index is 12.4. The Morgan fingerprint density at radius 2 is 2.00 bits per heavy atom. The second-order valence-electron chi connectivity index (χ2n) is 5.52. The molecule has 0 radical (unpaired) electrons. The smallest absolute Gasteiger partial charge is 0.266 e. The van der Waals surface area contributed by atoms with Crippen LogP contribution in [0.15, 0.2) is 51.8 Å². The van der Waals surface area contributed by atoms with Gasteiger partial charge in [-0.2, -0.15) is 0 Å². The number of carbonyl (C=O) groups excluding carboxylic acids is 1. The minimum atomic E-state index is -0.0638. The molecule has 0 unspecified atom stereocenters. The number of thioether (sulfide) groups is 1. The van der Waals surface area contributed by atoms with Crippen LogP contribution in [0.25, 0.3) is 6.08 Å². The van der Waals surface area contributed by atoms with Gasteiger partial charge in [0.15, 0.2) is 0 Å². The number of likely N-dealkylation sites (N-methyl/N-ethyl adjacent to an activating group) is 1. The molecule has 1 aliphatic heterocycles. The first-order chi connectivity index (χ1) is 12.5. The van der Waals surface area contributed by atoms with Crippen LogP contribution in [-0.4, -0.2) is 21.7 Å². The lowest BCUT2D eigenvalue weighted by Crippen LogP contribution is -2.27. The lowest BCUT2D eigenvalue weighted by atomic mass is 10.1. The molecule has 1 saturated heterocycles. The summed E-state index contributed by atoms with van der Waals surface area (Å²) in [6.45, 7) is 2.89. The zero-order valence-corrected chi connectivity index (χ0v) is 17.8. The van der Waals surface area contributed by atoms with Crippen LogP contribution in [0, 0.1) is 0 Å². The molecule has 1 heterocycles. The van der Waals surface area contributed by atoms with E-state index in [1.165, 1.54) is 11.8 Å². The van der Waals surface area contributed by atoms with E-state index in [9.17, 15) is 4.79 Å². The summed E-state index contributed by atoms with van der Waals surface area (Å²) in [5, 5.41) is 0.691. The van der Waals surface area contributed by atoms with E-state index in [2.05, 4.69) is 15.9 Å². The van der Waals surface area contributed by atoms with E-state index < -0.39 is 0 Å².